The van der Waals surface area contributed by atoms with Crippen molar-refractivity contribution in [2.24, 2.45) is 5.16 Å². The molecule has 3 heterocycles. The molecule has 1 spiro atoms. The number of carbonyl (C=O) groups excluding carboxylic acids is 1. The van der Waals surface area contributed by atoms with E-state index in [0.29, 0.717) is 31.2 Å². The monoisotopic (exact) mass is 303 g/mol. The number of nitrogens with zero attached hydrogens (tertiary/aromatic N) is 4. The average molecular weight is 303 g/mol. The van der Waals surface area contributed by atoms with Gasteiger partial charge in [-0.25, -0.2) is 9.97 Å². The van der Waals surface area contributed by atoms with Crippen LogP contribution < -0.4 is 10.2 Å². The van der Waals surface area contributed by atoms with Crippen LogP contribution in [-0.4, -0.2) is 46.8 Å². The van der Waals surface area contributed by atoms with Crippen molar-refractivity contribution in [2.45, 2.75) is 38.2 Å². The topological polar surface area (TPSA) is 79.7 Å². The highest BCUT2D eigenvalue weighted by Gasteiger charge is 2.45. The third-order valence-corrected chi connectivity index (χ3v) is 4.01. The Morgan fingerprint density at radius 1 is 1.45 bits per heavy atom. The van der Waals surface area contributed by atoms with E-state index in [4.69, 9.17) is 4.84 Å². The van der Waals surface area contributed by atoms with E-state index >= 15 is 0 Å². The fourth-order valence-electron chi connectivity index (χ4n) is 2.93. The fraction of sp³-hybridized carbons (Fsp3) is 0.600. The third kappa shape index (κ3) is 3.03. The summed E-state index contributed by atoms with van der Waals surface area (Å²) in [5, 5.41) is 6.88. The summed E-state index contributed by atoms with van der Waals surface area (Å²) in [6, 6.07) is 1.80. The number of hydrogen-bond acceptors (Lipinski definition) is 6. The van der Waals surface area contributed by atoms with Gasteiger partial charge in [0.1, 0.15) is 5.71 Å². The van der Waals surface area contributed by atoms with Crippen LogP contribution in [-0.2, 0) is 9.63 Å². The van der Waals surface area contributed by atoms with E-state index < -0.39 is 5.60 Å². The van der Waals surface area contributed by atoms with E-state index in [9.17, 15) is 4.79 Å². The van der Waals surface area contributed by atoms with Crippen LogP contribution in [0.1, 0.15) is 32.6 Å². The van der Waals surface area contributed by atoms with Crippen LogP contribution in [0.5, 0.6) is 0 Å². The average Bonchev–Trinajstić information content (AvgIpc) is 2.97. The van der Waals surface area contributed by atoms with Crippen molar-refractivity contribution in [1.82, 2.24) is 15.3 Å². The van der Waals surface area contributed by atoms with Gasteiger partial charge in [0, 0.05) is 31.9 Å². The molecule has 2 aliphatic rings. The van der Waals surface area contributed by atoms with E-state index in [0.717, 1.165) is 25.8 Å². The van der Waals surface area contributed by atoms with Crippen molar-refractivity contribution in [3.63, 3.8) is 0 Å². The maximum Gasteiger partial charge on any atom is 0.269 e. The number of anilines is 1. The van der Waals surface area contributed by atoms with Crippen molar-refractivity contribution < 1.29 is 9.63 Å². The lowest BCUT2D eigenvalue weighted by Crippen LogP contribution is -2.49. The largest absolute Gasteiger partial charge is 0.386 e. The Morgan fingerprint density at radius 2 is 2.27 bits per heavy atom. The van der Waals surface area contributed by atoms with Crippen LogP contribution in [0.15, 0.2) is 23.6 Å². The van der Waals surface area contributed by atoms with Crippen molar-refractivity contribution in [1.29, 1.82) is 0 Å². The lowest BCUT2D eigenvalue weighted by atomic mass is 9.88. The molecule has 1 aromatic rings. The minimum atomic E-state index is -0.420. The summed E-state index contributed by atoms with van der Waals surface area (Å²) >= 11 is 0. The predicted molar refractivity (Wildman–Crippen MR) is 82.6 cm³/mol. The molecule has 0 radical (unpaired) electrons. The molecular weight excluding hydrogens is 282 g/mol. The van der Waals surface area contributed by atoms with E-state index in [2.05, 4.69) is 25.3 Å². The summed E-state index contributed by atoms with van der Waals surface area (Å²) in [5.74, 6) is 0.584. The molecule has 0 aromatic carbocycles. The standard InChI is InChI=1S/C15H21N5O2/c1-2-6-16-13(21)12-10-15(22-19-12)5-3-9-20(11-15)14-17-7-4-8-18-14/h4,7-8H,2-3,5-6,9-11H2,1H3,(H,16,21)/t15-/m1/s1. The Bertz CT molecular complexity index is 562. The maximum atomic E-state index is 12.0. The predicted octanol–water partition coefficient (Wildman–Crippen LogP) is 1.12. The fourth-order valence-corrected chi connectivity index (χ4v) is 2.93. The van der Waals surface area contributed by atoms with Crippen LogP contribution in [0.2, 0.25) is 0 Å². The molecule has 7 heteroatoms. The first-order valence-corrected chi connectivity index (χ1v) is 7.78. The SMILES string of the molecule is CCCNC(=O)C1=NO[C@]2(CCCN(c3ncccn3)C2)C1. The van der Waals surface area contributed by atoms with Crippen molar-refractivity contribution in [2.75, 3.05) is 24.5 Å². The quantitative estimate of drug-likeness (QED) is 0.901. The molecule has 1 aromatic heterocycles. The Kier molecular flexibility index (Phi) is 4.22. The van der Waals surface area contributed by atoms with Gasteiger partial charge < -0.3 is 15.1 Å². The highest BCUT2D eigenvalue weighted by molar-refractivity contribution is 6.39. The molecule has 22 heavy (non-hydrogen) atoms. The molecule has 1 atom stereocenters. The number of piperidine rings is 1. The summed E-state index contributed by atoms with van der Waals surface area (Å²) in [7, 11) is 0. The Labute approximate surface area is 129 Å². The number of oxime groups is 1. The summed E-state index contributed by atoms with van der Waals surface area (Å²) in [4.78, 5) is 28.4. The second kappa shape index (κ2) is 6.29. The van der Waals surface area contributed by atoms with E-state index in [1.54, 1.807) is 18.5 Å². The zero-order valence-corrected chi connectivity index (χ0v) is 12.8. The highest BCUT2D eigenvalue weighted by Crippen LogP contribution is 2.34. The molecule has 0 saturated carbocycles. The molecule has 0 aliphatic carbocycles. The van der Waals surface area contributed by atoms with Crippen molar-refractivity contribution in [3.8, 4) is 0 Å². The van der Waals surface area contributed by atoms with Crippen LogP contribution in [0.4, 0.5) is 5.95 Å². The van der Waals surface area contributed by atoms with Gasteiger partial charge in [0.2, 0.25) is 5.95 Å². The molecule has 1 saturated heterocycles. The summed E-state index contributed by atoms with van der Waals surface area (Å²) in [5.41, 5.74) is 0.0698. The summed E-state index contributed by atoms with van der Waals surface area (Å²) in [6.07, 6.45) is 6.79. The number of hydrogen-bond donors (Lipinski definition) is 1. The Balaban J connectivity index is 1.64. The highest BCUT2D eigenvalue weighted by atomic mass is 16.7. The van der Waals surface area contributed by atoms with Gasteiger partial charge in [0.15, 0.2) is 5.60 Å². The Morgan fingerprint density at radius 3 is 3.05 bits per heavy atom. The van der Waals surface area contributed by atoms with Crippen LogP contribution >= 0.6 is 0 Å². The minimum Gasteiger partial charge on any atom is -0.386 e. The number of amides is 1. The second-order valence-electron chi connectivity index (χ2n) is 5.82. The van der Waals surface area contributed by atoms with Crippen LogP contribution in [0.3, 0.4) is 0 Å². The molecule has 2 aliphatic heterocycles. The van der Waals surface area contributed by atoms with Crippen LogP contribution in [0, 0.1) is 0 Å². The normalized spacial score (nSPS) is 24.0. The van der Waals surface area contributed by atoms with E-state index in [1.807, 2.05) is 6.92 Å². The zero-order chi connectivity index (χ0) is 15.4. The van der Waals surface area contributed by atoms with Gasteiger partial charge in [-0.15, -0.1) is 0 Å². The first-order valence-electron chi connectivity index (χ1n) is 7.78. The molecule has 7 nitrogen and oxygen atoms in total. The van der Waals surface area contributed by atoms with Gasteiger partial charge in [0.05, 0.1) is 6.54 Å². The molecule has 0 bridgehead atoms. The van der Waals surface area contributed by atoms with E-state index in [1.165, 1.54) is 0 Å². The number of aromatic nitrogens is 2. The summed E-state index contributed by atoms with van der Waals surface area (Å²) < 4.78 is 0. The van der Waals surface area contributed by atoms with Gasteiger partial charge in [-0.1, -0.05) is 12.1 Å². The minimum absolute atomic E-state index is 0.119. The molecule has 1 N–H and O–H groups in total. The molecule has 1 amide bonds. The molecule has 118 valence electrons. The van der Waals surface area contributed by atoms with E-state index in [-0.39, 0.29) is 5.91 Å². The maximum absolute atomic E-state index is 12.0. The van der Waals surface area contributed by atoms with Crippen molar-refractivity contribution >= 4 is 17.6 Å². The van der Waals surface area contributed by atoms with Gasteiger partial charge in [-0.2, -0.15) is 0 Å². The number of nitrogens with one attached hydrogen (secondary N) is 1. The lowest BCUT2D eigenvalue weighted by molar-refractivity contribution is -0.114. The molecule has 1 fully saturated rings. The third-order valence-electron chi connectivity index (χ3n) is 4.01. The second-order valence-corrected chi connectivity index (χ2v) is 5.82. The van der Waals surface area contributed by atoms with Gasteiger partial charge >= 0.3 is 0 Å². The first kappa shape index (κ1) is 14.7. The van der Waals surface area contributed by atoms with Crippen molar-refractivity contribution in [3.05, 3.63) is 18.5 Å². The Hall–Kier alpha value is -2.18. The number of rotatable bonds is 4. The molecule has 3 rings (SSSR count). The molecule has 0 unspecified atom stereocenters. The zero-order valence-electron chi connectivity index (χ0n) is 12.8. The van der Waals surface area contributed by atoms with Gasteiger partial charge in [-0.3, -0.25) is 4.79 Å². The number of carbonyl (C=O) groups is 1. The lowest BCUT2D eigenvalue weighted by Gasteiger charge is -2.38. The van der Waals surface area contributed by atoms with Gasteiger partial charge in [0.25, 0.3) is 5.91 Å². The summed E-state index contributed by atoms with van der Waals surface area (Å²) in [6.45, 7) is 4.24. The van der Waals surface area contributed by atoms with Crippen LogP contribution in [0.25, 0.3) is 0 Å². The van der Waals surface area contributed by atoms with Gasteiger partial charge in [-0.05, 0) is 25.3 Å². The smallest absolute Gasteiger partial charge is 0.269 e. The first-order chi connectivity index (χ1) is 10.7. The molecular formula is C15H21N5O2.